The van der Waals surface area contributed by atoms with Gasteiger partial charge in [-0.05, 0) is 24.8 Å². The maximum atomic E-state index is 12.0. The molecular weight excluding hydrogens is 204 g/mol. The van der Waals surface area contributed by atoms with Gasteiger partial charge in [0.15, 0.2) is 0 Å². The second-order valence-electron chi connectivity index (χ2n) is 5.17. The Morgan fingerprint density at radius 1 is 1.56 bits per heavy atom. The Morgan fingerprint density at radius 3 is 3.06 bits per heavy atom. The van der Waals surface area contributed by atoms with E-state index in [1.807, 2.05) is 4.90 Å². The number of likely N-dealkylation sites (tertiary alicyclic amines) is 1. The third kappa shape index (κ3) is 2.55. The number of amides is 1. The van der Waals surface area contributed by atoms with Crippen molar-refractivity contribution in [3.8, 4) is 0 Å². The lowest BCUT2D eigenvalue weighted by molar-refractivity contribution is -0.131. The Hall–Kier alpha value is -0.610. The van der Waals surface area contributed by atoms with Crippen molar-refractivity contribution in [2.75, 3.05) is 33.4 Å². The van der Waals surface area contributed by atoms with Crippen LogP contribution in [-0.4, -0.2) is 50.2 Å². The van der Waals surface area contributed by atoms with Gasteiger partial charge in [-0.15, -0.1) is 0 Å². The van der Waals surface area contributed by atoms with Gasteiger partial charge in [-0.2, -0.15) is 0 Å². The molecule has 0 aromatic heterocycles. The fraction of sp³-hybridized carbons (Fsp3) is 0.917. The molecule has 1 unspecified atom stereocenters. The highest BCUT2D eigenvalue weighted by Gasteiger charge is 2.37. The van der Waals surface area contributed by atoms with E-state index in [0.717, 1.165) is 19.6 Å². The average Bonchev–Trinajstić information content (AvgIpc) is 2.76. The second kappa shape index (κ2) is 5.15. The van der Waals surface area contributed by atoms with Crippen LogP contribution in [0.3, 0.4) is 0 Å². The van der Waals surface area contributed by atoms with E-state index in [-0.39, 0.29) is 0 Å². The van der Waals surface area contributed by atoms with Gasteiger partial charge in [-0.1, -0.05) is 6.92 Å². The highest BCUT2D eigenvalue weighted by Crippen LogP contribution is 2.25. The molecule has 16 heavy (non-hydrogen) atoms. The van der Waals surface area contributed by atoms with E-state index in [9.17, 15) is 4.79 Å². The van der Waals surface area contributed by atoms with Crippen LogP contribution in [0.5, 0.6) is 0 Å². The molecule has 0 saturated carbocycles. The van der Waals surface area contributed by atoms with Crippen molar-refractivity contribution in [2.24, 2.45) is 11.8 Å². The number of methoxy groups -OCH3 is 1. The van der Waals surface area contributed by atoms with E-state index in [2.05, 4.69) is 12.2 Å². The van der Waals surface area contributed by atoms with E-state index in [1.165, 1.54) is 6.42 Å². The summed E-state index contributed by atoms with van der Waals surface area (Å²) in [6.45, 7) is 5.72. The van der Waals surface area contributed by atoms with Crippen molar-refractivity contribution in [1.29, 1.82) is 0 Å². The molecule has 1 N–H and O–H groups in total. The van der Waals surface area contributed by atoms with Crippen LogP contribution in [-0.2, 0) is 9.53 Å². The minimum atomic E-state index is 0.292. The Labute approximate surface area is 97.3 Å². The van der Waals surface area contributed by atoms with Crippen LogP contribution >= 0.6 is 0 Å². The lowest BCUT2D eigenvalue weighted by Crippen LogP contribution is -2.34. The SMILES string of the molecule is COCC(C)CC(=O)N1C[C@@H]2CCN[C@@H]2C1. The monoisotopic (exact) mass is 226 g/mol. The molecule has 2 aliphatic rings. The number of carbonyl (C=O) groups excluding carboxylic acids is 1. The number of nitrogens with one attached hydrogen (secondary N) is 1. The molecule has 0 aromatic carbocycles. The Morgan fingerprint density at radius 2 is 2.38 bits per heavy atom. The third-order valence-electron chi connectivity index (χ3n) is 3.69. The molecular formula is C12H22N2O2. The van der Waals surface area contributed by atoms with Crippen molar-refractivity contribution >= 4 is 5.91 Å². The Balaban J connectivity index is 1.78. The van der Waals surface area contributed by atoms with Gasteiger partial charge in [-0.3, -0.25) is 4.79 Å². The highest BCUT2D eigenvalue weighted by molar-refractivity contribution is 5.76. The molecule has 0 spiro atoms. The maximum Gasteiger partial charge on any atom is 0.222 e. The zero-order chi connectivity index (χ0) is 11.5. The lowest BCUT2D eigenvalue weighted by Gasteiger charge is -2.19. The molecule has 0 aliphatic carbocycles. The molecule has 3 atom stereocenters. The normalized spacial score (nSPS) is 30.5. The summed E-state index contributed by atoms with van der Waals surface area (Å²) in [5.74, 6) is 1.31. The van der Waals surface area contributed by atoms with Crippen LogP contribution in [0.15, 0.2) is 0 Å². The quantitative estimate of drug-likeness (QED) is 0.758. The lowest BCUT2D eigenvalue weighted by atomic mass is 10.1. The smallest absolute Gasteiger partial charge is 0.222 e. The highest BCUT2D eigenvalue weighted by atomic mass is 16.5. The zero-order valence-electron chi connectivity index (χ0n) is 10.2. The molecule has 0 aromatic rings. The third-order valence-corrected chi connectivity index (χ3v) is 3.69. The summed E-state index contributed by atoms with van der Waals surface area (Å²) < 4.78 is 5.06. The van der Waals surface area contributed by atoms with Gasteiger partial charge in [0.05, 0.1) is 0 Å². The molecule has 2 saturated heterocycles. The first-order valence-corrected chi connectivity index (χ1v) is 6.20. The van der Waals surface area contributed by atoms with Crippen LogP contribution in [0.2, 0.25) is 0 Å². The molecule has 1 amide bonds. The summed E-state index contributed by atoms with van der Waals surface area (Å²) in [6.07, 6.45) is 1.84. The van der Waals surface area contributed by atoms with E-state index in [4.69, 9.17) is 4.74 Å². The van der Waals surface area contributed by atoms with Crippen LogP contribution in [0.1, 0.15) is 19.8 Å². The van der Waals surface area contributed by atoms with Crippen molar-refractivity contribution in [2.45, 2.75) is 25.8 Å². The van der Waals surface area contributed by atoms with E-state index in [0.29, 0.717) is 36.8 Å². The van der Waals surface area contributed by atoms with Gasteiger partial charge in [0.1, 0.15) is 0 Å². The minimum Gasteiger partial charge on any atom is -0.384 e. The van der Waals surface area contributed by atoms with Crippen molar-refractivity contribution < 1.29 is 9.53 Å². The minimum absolute atomic E-state index is 0.292. The summed E-state index contributed by atoms with van der Waals surface area (Å²) >= 11 is 0. The number of hydrogen-bond donors (Lipinski definition) is 1. The summed E-state index contributed by atoms with van der Waals surface area (Å²) in [5.41, 5.74) is 0. The fourth-order valence-electron chi connectivity index (χ4n) is 2.82. The number of fused-ring (bicyclic) bond motifs is 1. The zero-order valence-corrected chi connectivity index (χ0v) is 10.2. The van der Waals surface area contributed by atoms with Crippen molar-refractivity contribution in [3.05, 3.63) is 0 Å². The van der Waals surface area contributed by atoms with Gasteiger partial charge in [-0.25, -0.2) is 0 Å². The van der Waals surface area contributed by atoms with Gasteiger partial charge >= 0.3 is 0 Å². The summed E-state index contributed by atoms with van der Waals surface area (Å²) in [4.78, 5) is 14.0. The molecule has 2 heterocycles. The first-order chi connectivity index (χ1) is 7.70. The number of carbonyl (C=O) groups is 1. The molecule has 0 bridgehead atoms. The van der Waals surface area contributed by atoms with Crippen LogP contribution in [0.25, 0.3) is 0 Å². The molecule has 2 rings (SSSR count). The van der Waals surface area contributed by atoms with Gasteiger partial charge < -0.3 is 15.0 Å². The van der Waals surface area contributed by atoms with E-state index < -0.39 is 0 Å². The second-order valence-corrected chi connectivity index (χ2v) is 5.17. The molecule has 2 fully saturated rings. The van der Waals surface area contributed by atoms with Crippen LogP contribution in [0.4, 0.5) is 0 Å². The molecule has 2 aliphatic heterocycles. The maximum absolute atomic E-state index is 12.0. The number of hydrogen-bond acceptors (Lipinski definition) is 3. The van der Waals surface area contributed by atoms with Crippen molar-refractivity contribution in [3.63, 3.8) is 0 Å². The summed E-state index contributed by atoms with van der Waals surface area (Å²) in [5, 5.41) is 3.46. The first-order valence-electron chi connectivity index (χ1n) is 6.20. The van der Waals surface area contributed by atoms with E-state index in [1.54, 1.807) is 7.11 Å². The largest absolute Gasteiger partial charge is 0.384 e. The topological polar surface area (TPSA) is 41.6 Å². The standard InChI is InChI=1S/C12H22N2O2/c1-9(8-16-2)5-12(15)14-6-10-3-4-13-11(10)7-14/h9-11,13H,3-8H2,1-2H3/t9?,10-,11+/m0/s1. The number of ether oxygens (including phenoxy) is 1. The Bertz CT molecular complexity index is 245. The van der Waals surface area contributed by atoms with Gasteiger partial charge in [0.25, 0.3) is 0 Å². The summed E-state index contributed by atoms with van der Waals surface area (Å²) in [6, 6.07) is 0.557. The number of nitrogens with zero attached hydrogens (tertiary/aromatic N) is 1. The first kappa shape index (κ1) is 11.9. The van der Waals surface area contributed by atoms with Crippen LogP contribution < -0.4 is 5.32 Å². The predicted octanol–water partition coefficient (Wildman–Crippen LogP) is 0.479. The number of rotatable bonds is 4. The molecule has 4 heteroatoms. The molecule has 0 radical (unpaired) electrons. The van der Waals surface area contributed by atoms with Gasteiger partial charge in [0.2, 0.25) is 5.91 Å². The van der Waals surface area contributed by atoms with Crippen molar-refractivity contribution in [1.82, 2.24) is 10.2 Å². The predicted molar refractivity (Wildman–Crippen MR) is 62.1 cm³/mol. The van der Waals surface area contributed by atoms with E-state index >= 15 is 0 Å². The summed E-state index contributed by atoms with van der Waals surface area (Å²) in [7, 11) is 1.69. The van der Waals surface area contributed by atoms with Crippen LogP contribution in [0, 0.1) is 11.8 Å². The fourth-order valence-corrected chi connectivity index (χ4v) is 2.82. The molecule has 92 valence electrons. The van der Waals surface area contributed by atoms with Gasteiger partial charge in [0, 0.05) is 39.3 Å². The average molecular weight is 226 g/mol. The Kier molecular flexibility index (Phi) is 3.82. The molecule has 4 nitrogen and oxygen atoms in total.